The number of carbonyl (C=O) groups is 1. The van der Waals surface area contributed by atoms with Crippen LogP contribution in [0, 0.1) is 0 Å². The summed E-state index contributed by atoms with van der Waals surface area (Å²) in [5.41, 5.74) is 1.05. The van der Waals surface area contributed by atoms with Crippen LogP contribution in [-0.2, 0) is 11.3 Å². The molecule has 138 valence electrons. The van der Waals surface area contributed by atoms with Crippen molar-refractivity contribution in [3.8, 4) is 5.75 Å². The largest absolute Gasteiger partial charge is 0.492 e. The zero-order valence-electron chi connectivity index (χ0n) is 14.8. The summed E-state index contributed by atoms with van der Waals surface area (Å²) in [5, 5.41) is 2.94. The molecule has 1 atom stereocenters. The number of nitrogens with one attached hydrogen (secondary N) is 1. The minimum absolute atomic E-state index is 0.103. The first-order valence-electron chi connectivity index (χ1n) is 9.02. The van der Waals surface area contributed by atoms with Crippen molar-refractivity contribution in [2.45, 2.75) is 25.5 Å². The lowest BCUT2D eigenvalue weighted by Gasteiger charge is -2.26. The van der Waals surface area contributed by atoms with Crippen LogP contribution in [-0.4, -0.2) is 48.3 Å². The molecular formula is C20H25N3O3. The van der Waals surface area contributed by atoms with Crippen LogP contribution in [0.1, 0.15) is 18.4 Å². The van der Waals surface area contributed by atoms with E-state index < -0.39 is 0 Å². The Kier molecular flexibility index (Phi) is 6.84. The fraction of sp³-hybridized carbons (Fsp3) is 0.400. The van der Waals surface area contributed by atoms with Gasteiger partial charge in [-0.1, -0.05) is 18.2 Å². The molecule has 2 aromatic rings. The third kappa shape index (κ3) is 5.74. The summed E-state index contributed by atoms with van der Waals surface area (Å²) < 4.78 is 11.3. The number of amides is 2. The van der Waals surface area contributed by atoms with Crippen LogP contribution in [0.15, 0.2) is 54.9 Å². The summed E-state index contributed by atoms with van der Waals surface area (Å²) in [4.78, 5) is 18.5. The molecule has 0 unspecified atom stereocenters. The maximum atomic E-state index is 12.6. The Morgan fingerprint density at radius 2 is 2.04 bits per heavy atom. The van der Waals surface area contributed by atoms with Crippen LogP contribution in [0.3, 0.4) is 0 Å². The average Bonchev–Trinajstić information content (AvgIpc) is 3.19. The molecule has 1 saturated heterocycles. The van der Waals surface area contributed by atoms with E-state index in [2.05, 4.69) is 10.3 Å². The van der Waals surface area contributed by atoms with Crippen molar-refractivity contribution in [1.29, 1.82) is 0 Å². The first-order chi connectivity index (χ1) is 12.8. The summed E-state index contributed by atoms with van der Waals surface area (Å²) in [7, 11) is 0. The molecule has 3 rings (SSSR count). The van der Waals surface area contributed by atoms with Gasteiger partial charge in [0.05, 0.1) is 12.6 Å². The highest BCUT2D eigenvalue weighted by molar-refractivity contribution is 5.74. The van der Waals surface area contributed by atoms with Gasteiger partial charge >= 0.3 is 6.03 Å². The van der Waals surface area contributed by atoms with E-state index in [-0.39, 0.29) is 12.1 Å². The fourth-order valence-corrected chi connectivity index (χ4v) is 2.92. The molecule has 1 N–H and O–H groups in total. The van der Waals surface area contributed by atoms with E-state index in [1.807, 2.05) is 42.5 Å². The zero-order valence-corrected chi connectivity index (χ0v) is 14.8. The van der Waals surface area contributed by atoms with Crippen LogP contribution in [0.25, 0.3) is 0 Å². The molecule has 0 radical (unpaired) electrons. The van der Waals surface area contributed by atoms with E-state index in [9.17, 15) is 4.79 Å². The molecule has 0 spiro atoms. The van der Waals surface area contributed by atoms with Crippen molar-refractivity contribution in [2.75, 3.05) is 26.3 Å². The summed E-state index contributed by atoms with van der Waals surface area (Å²) in [6.07, 6.45) is 5.65. The Labute approximate surface area is 154 Å². The molecule has 2 amide bonds. The van der Waals surface area contributed by atoms with Gasteiger partial charge in [0.2, 0.25) is 0 Å². The zero-order chi connectivity index (χ0) is 18.0. The molecule has 2 heterocycles. The number of aromatic nitrogens is 1. The minimum Gasteiger partial charge on any atom is -0.492 e. The van der Waals surface area contributed by atoms with Gasteiger partial charge in [0.15, 0.2) is 0 Å². The number of para-hydroxylation sites is 1. The fourth-order valence-electron chi connectivity index (χ4n) is 2.92. The summed E-state index contributed by atoms with van der Waals surface area (Å²) in [6.45, 7) is 2.78. The van der Waals surface area contributed by atoms with Crippen LogP contribution in [0.2, 0.25) is 0 Å². The molecule has 1 fully saturated rings. The molecule has 1 aliphatic heterocycles. The number of nitrogens with zero attached hydrogens (tertiary/aromatic N) is 2. The maximum absolute atomic E-state index is 12.6. The summed E-state index contributed by atoms with van der Waals surface area (Å²) in [6, 6.07) is 13.3. The maximum Gasteiger partial charge on any atom is 0.317 e. The standard InChI is InChI=1S/C20H25N3O3/c24-20(22-12-14-26-18-5-2-1-3-6-18)23(16-19-7-4-13-25-19)15-17-8-10-21-11-9-17/h1-3,5-6,8-11,19H,4,7,12-16H2,(H,22,24)/t19-/m0/s1. The molecule has 26 heavy (non-hydrogen) atoms. The number of carbonyl (C=O) groups excluding carboxylic acids is 1. The third-order valence-electron chi connectivity index (χ3n) is 4.25. The Hall–Kier alpha value is -2.60. The number of urea groups is 1. The summed E-state index contributed by atoms with van der Waals surface area (Å²) in [5.74, 6) is 0.801. The van der Waals surface area contributed by atoms with Gasteiger partial charge in [0.25, 0.3) is 0 Å². The first-order valence-corrected chi connectivity index (χ1v) is 9.02. The molecule has 6 nitrogen and oxygen atoms in total. The number of rotatable bonds is 8. The Morgan fingerprint density at radius 1 is 1.23 bits per heavy atom. The Morgan fingerprint density at radius 3 is 2.77 bits per heavy atom. The average molecular weight is 355 g/mol. The molecule has 0 bridgehead atoms. The van der Waals surface area contributed by atoms with Crippen LogP contribution >= 0.6 is 0 Å². The van der Waals surface area contributed by atoms with Gasteiger partial charge < -0.3 is 19.7 Å². The SMILES string of the molecule is O=C(NCCOc1ccccc1)N(Cc1ccncc1)C[C@@H]1CCCO1. The lowest BCUT2D eigenvalue weighted by molar-refractivity contribution is 0.0793. The van der Waals surface area contributed by atoms with Crippen LogP contribution < -0.4 is 10.1 Å². The number of hydrogen-bond acceptors (Lipinski definition) is 4. The Balaban J connectivity index is 1.50. The van der Waals surface area contributed by atoms with Gasteiger partial charge in [-0.15, -0.1) is 0 Å². The van der Waals surface area contributed by atoms with Crippen molar-refractivity contribution in [3.63, 3.8) is 0 Å². The van der Waals surface area contributed by atoms with E-state index in [0.29, 0.717) is 26.2 Å². The molecule has 6 heteroatoms. The highest BCUT2D eigenvalue weighted by Crippen LogP contribution is 2.15. The van der Waals surface area contributed by atoms with Crippen molar-refractivity contribution in [2.24, 2.45) is 0 Å². The van der Waals surface area contributed by atoms with Gasteiger partial charge in [-0.05, 0) is 42.7 Å². The third-order valence-corrected chi connectivity index (χ3v) is 4.25. The molecule has 0 saturated carbocycles. The molecule has 1 aromatic carbocycles. The predicted molar refractivity (Wildman–Crippen MR) is 99.0 cm³/mol. The first kappa shape index (κ1) is 18.2. The predicted octanol–water partition coefficient (Wildman–Crippen LogP) is 2.85. The van der Waals surface area contributed by atoms with Crippen LogP contribution in [0.5, 0.6) is 5.75 Å². The lowest BCUT2D eigenvalue weighted by atomic mass is 10.2. The number of ether oxygens (including phenoxy) is 2. The molecule has 1 aliphatic rings. The van der Waals surface area contributed by atoms with Gasteiger partial charge in [-0.25, -0.2) is 4.79 Å². The van der Waals surface area contributed by atoms with Gasteiger partial charge in [0.1, 0.15) is 12.4 Å². The van der Waals surface area contributed by atoms with Crippen molar-refractivity contribution < 1.29 is 14.3 Å². The van der Waals surface area contributed by atoms with E-state index in [1.165, 1.54) is 0 Å². The second-order valence-corrected chi connectivity index (χ2v) is 6.26. The van der Waals surface area contributed by atoms with Crippen molar-refractivity contribution in [3.05, 3.63) is 60.4 Å². The van der Waals surface area contributed by atoms with E-state index >= 15 is 0 Å². The molecule has 0 aliphatic carbocycles. The lowest BCUT2D eigenvalue weighted by Crippen LogP contribution is -2.44. The van der Waals surface area contributed by atoms with Crippen molar-refractivity contribution >= 4 is 6.03 Å². The minimum atomic E-state index is -0.103. The molecular weight excluding hydrogens is 330 g/mol. The van der Waals surface area contributed by atoms with Crippen molar-refractivity contribution in [1.82, 2.24) is 15.2 Å². The topological polar surface area (TPSA) is 63.7 Å². The highest BCUT2D eigenvalue weighted by Gasteiger charge is 2.22. The smallest absolute Gasteiger partial charge is 0.317 e. The number of hydrogen-bond donors (Lipinski definition) is 1. The molecule has 1 aromatic heterocycles. The Bertz CT molecular complexity index is 661. The second-order valence-electron chi connectivity index (χ2n) is 6.26. The monoisotopic (exact) mass is 355 g/mol. The quantitative estimate of drug-likeness (QED) is 0.740. The van der Waals surface area contributed by atoms with Crippen LogP contribution in [0.4, 0.5) is 4.79 Å². The normalized spacial score (nSPS) is 16.2. The number of pyridine rings is 1. The van der Waals surface area contributed by atoms with Gasteiger partial charge in [-0.3, -0.25) is 4.98 Å². The second kappa shape index (κ2) is 9.77. The van der Waals surface area contributed by atoms with E-state index in [1.54, 1.807) is 17.3 Å². The van der Waals surface area contributed by atoms with Gasteiger partial charge in [-0.2, -0.15) is 0 Å². The van der Waals surface area contributed by atoms with E-state index in [0.717, 1.165) is 30.8 Å². The highest BCUT2D eigenvalue weighted by atomic mass is 16.5. The number of benzene rings is 1. The summed E-state index contributed by atoms with van der Waals surface area (Å²) >= 11 is 0. The van der Waals surface area contributed by atoms with Gasteiger partial charge in [0, 0.05) is 32.1 Å². The van der Waals surface area contributed by atoms with E-state index in [4.69, 9.17) is 9.47 Å².